The van der Waals surface area contributed by atoms with Crippen molar-refractivity contribution in [2.75, 3.05) is 12.8 Å². The van der Waals surface area contributed by atoms with E-state index >= 15 is 0 Å². The first kappa shape index (κ1) is 13.0. The quantitative estimate of drug-likeness (QED) is 0.923. The minimum absolute atomic E-state index is 0.0935. The Morgan fingerprint density at radius 1 is 1.39 bits per heavy atom. The average Bonchev–Trinajstić information content (AvgIpc) is 2.82. The number of aromatic nitrogens is 1. The van der Waals surface area contributed by atoms with Gasteiger partial charge in [-0.3, -0.25) is 0 Å². The van der Waals surface area contributed by atoms with E-state index < -0.39 is 10.0 Å². The van der Waals surface area contributed by atoms with Gasteiger partial charge in [-0.15, -0.1) is 11.3 Å². The molecule has 0 unspecified atom stereocenters. The van der Waals surface area contributed by atoms with Gasteiger partial charge in [0.05, 0.1) is 5.69 Å². The Bertz CT molecular complexity index is 623. The summed E-state index contributed by atoms with van der Waals surface area (Å²) in [4.78, 5) is 4.82. The lowest BCUT2D eigenvalue weighted by Crippen LogP contribution is -2.27. The molecule has 0 radical (unpaired) electrons. The summed E-state index contributed by atoms with van der Waals surface area (Å²) < 4.78 is 25.8. The lowest BCUT2D eigenvalue weighted by Gasteiger charge is -2.16. The highest BCUT2D eigenvalue weighted by Crippen LogP contribution is 2.21. The Hall–Kier alpha value is -1.44. The van der Waals surface area contributed by atoms with Crippen LogP contribution in [0.15, 0.2) is 40.9 Å². The second kappa shape index (κ2) is 5.05. The molecule has 2 heterocycles. The fraction of sp³-hybridized carbons (Fsp3) is 0.182. The number of pyridine rings is 1. The van der Waals surface area contributed by atoms with E-state index in [1.54, 1.807) is 6.07 Å². The van der Waals surface area contributed by atoms with Crippen LogP contribution in [0.25, 0.3) is 0 Å². The van der Waals surface area contributed by atoms with Crippen LogP contribution < -0.4 is 5.73 Å². The molecule has 0 spiro atoms. The molecule has 0 saturated heterocycles. The van der Waals surface area contributed by atoms with E-state index in [-0.39, 0.29) is 10.7 Å². The van der Waals surface area contributed by atoms with Crippen molar-refractivity contribution in [2.45, 2.75) is 11.6 Å². The van der Waals surface area contributed by atoms with E-state index in [0.717, 1.165) is 4.88 Å². The summed E-state index contributed by atoms with van der Waals surface area (Å²) in [6.07, 6.45) is 1.42. The van der Waals surface area contributed by atoms with Crippen molar-refractivity contribution in [2.24, 2.45) is 0 Å². The second-order valence-corrected chi connectivity index (χ2v) is 6.73. The van der Waals surface area contributed by atoms with Crippen LogP contribution in [0.5, 0.6) is 0 Å². The van der Waals surface area contributed by atoms with Crippen LogP contribution in [-0.2, 0) is 16.6 Å². The Kier molecular flexibility index (Phi) is 3.65. The topological polar surface area (TPSA) is 76.3 Å². The number of nitrogens with two attached hydrogens (primary N) is 1. The minimum atomic E-state index is -3.64. The van der Waals surface area contributed by atoms with Gasteiger partial charge in [0.15, 0.2) is 5.03 Å². The van der Waals surface area contributed by atoms with Gasteiger partial charge in [0.25, 0.3) is 10.0 Å². The third-order valence-corrected chi connectivity index (χ3v) is 5.05. The summed E-state index contributed by atoms with van der Waals surface area (Å²) in [5.74, 6) is 0. The Labute approximate surface area is 110 Å². The van der Waals surface area contributed by atoms with Crippen LogP contribution in [0.2, 0.25) is 0 Å². The molecule has 0 atom stereocenters. The predicted octanol–water partition coefficient (Wildman–Crippen LogP) is 1.55. The molecule has 0 aliphatic carbocycles. The van der Waals surface area contributed by atoms with E-state index in [1.807, 2.05) is 17.5 Å². The number of nitrogen functional groups attached to an aromatic ring is 1. The number of hydrogen-bond acceptors (Lipinski definition) is 5. The molecule has 2 rings (SSSR count). The molecule has 18 heavy (non-hydrogen) atoms. The molecule has 0 aromatic carbocycles. The fourth-order valence-electron chi connectivity index (χ4n) is 1.47. The first-order valence-corrected chi connectivity index (χ1v) is 7.53. The van der Waals surface area contributed by atoms with E-state index in [1.165, 1.54) is 35.0 Å². The SMILES string of the molecule is CN(Cc1cccs1)S(=O)(=O)c1ncccc1N. The third kappa shape index (κ3) is 2.53. The Morgan fingerprint density at radius 2 is 2.17 bits per heavy atom. The van der Waals surface area contributed by atoms with Crippen molar-refractivity contribution in [3.63, 3.8) is 0 Å². The van der Waals surface area contributed by atoms with Crippen molar-refractivity contribution in [1.82, 2.24) is 9.29 Å². The van der Waals surface area contributed by atoms with Gasteiger partial charge in [0, 0.05) is 24.7 Å². The zero-order chi connectivity index (χ0) is 13.2. The summed E-state index contributed by atoms with van der Waals surface area (Å²) in [7, 11) is -2.12. The highest BCUT2D eigenvalue weighted by Gasteiger charge is 2.24. The Balaban J connectivity index is 2.29. The average molecular weight is 283 g/mol. The number of hydrogen-bond donors (Lipinski definition) is 1. The minimum Gasteiger partial charge on any atom is -0.396 e. The fourth-order valence-corrected chi connectivity index (χ4v) is 3.48. The van der Waals surface area contributed by atoms with Gasteiger partial charge in [-0.05, 0) is 23.6 Å². The number of sulfonamides is 1. The lowest BCUT2D eigenvalue weighted by atomic mass is 10.4. The maximum absolute atomic E-state index is 12.3. The highest BCUT2D eigenvalue weighted by atomic mass is 32.2. The number of nitrogens with zero attached hydrogens (tertiary/aromatic N) is 2. The molecule has 5 nitrogen and oxygen atoms in total. The number of thiophene rings is 1. The monoisotopic (exact) mass is 283 g/mol. The van der Waals surface area contributed by atoms with E-state index in [0.29, 0.717) is 6.54 Å². The van der Waals surface area contributed by atoms with E-state index in [2.05, 4.69) is 4.98 Å². The van der Waals surface area contributed by atoms with Crippen LogP contribution in [-0.4, -0.2) is 24.8 Å². The van der Waals surface area contributed by atoms with Gasteiger partial charge >= 0.3 is 0 Å². The van der Waals surface area contributed by atoms with Crippen molar-refractivity contribution >= 4 is 27.0 Å². The van der Waals surface area contributed by atoms with Gasteiger partial charge in [-0.2, -0.15) is 4.31 Å². The zero-order valence-electron chi connectivity index (χ0n) is 9.78. The molecule has 7 heteroatoms. The van der Waals surface area contributed by atoms with E-state index in [4.69, 9.17) is 5.73 Å². The predicted molar refractivity (Wildman–Crippen MR) is 71.6 cm³/mol. The van der Waals surface area contributed by atoms with Crippen LogP contribution in [0.1, 0.15) is 4.88 Å². The molecule has 0 amide bonds. The summed E-state index contributed by atoms with van der Waals surface area (Å²) in [6.45, 7) is 0.315. The Morgan fingerprint density at radius 3 is 2.78 bits per heavy atom. The van der Waals surface area contributed by atoms with Crippen LogP contribution in [0.3, 0.4) is 0 Å². The maximum Gasteiger partial charge on any atom is 0.262 e. The first-order chi connectivity index (χ1) is 8.51. The molecule has 96 valence electrons. The van der Waals surface area contributed by atoms with Gasteiger partial charge in [0.1, 0.15) is 0 Å². The summed E-state index contributed by atoms with van der Waals surface area (Å²) in [6, 6.07) is 6.90. The normalized spacial score (nSPS) is 11.9. The lowest BCUT2D eigenvalue weighted by molar-refractivity contribution is 0.467. The molecule has 0 bridgehead atoms. The van der Waals surface area contributed by atoms with Crippen molar-refractivity contribution < 1.29 is 8.42 Å². The molecule has 0 fully saturated rings. The smallest absolute Gasteiger partial charge is 0.262 e. The second-order valence-electron chi connectivity index (χ2n) is 3.74. The molecule has 0 saturated carbocycles. The van der Waals surface area contributed by atoms with Gasteiger partial charge < -0.3 is 5.73 Å². The maximum atomic E-state index is 12.3. The van der Waals surface area contributed by atoms with Crippen molar-refractivity contribution in [3.8, 4) is 0 Å². The summed E-state index contributed by atoms with van der Waals surface area (Å²) in [5, 5.41) is 1.81. The molecule has 0 aliphatic heterocycles. The molecular formula is C11H13N3O2S2. The summed E-state index contributed by atoms with van der Waals surface area (Å²) in [5.41, 5.74) is 5.81. The zero-order valence-corrected chi connectivity index (χ0v) is 11.4. The van der Waals surface area contributed by atoms with Crippen LogP contribution >= 0.6 is 11.3 Å². The molecule has 0 aliphatic rings. The largest absolute Gasteiger partial charge is 0.396 e. The molecule has 2 N–H and O–H groups in total. The van der Waals surface area contributed by atoms with Crippen molar-refractivity contribution in [3.05, 3.63) is 40.7 Å². The molecule has 2 aromatic rings. The van der Waals surface area contributed by atoms with Gasteiger partial charge in [-0.1, -0.05) is 6.07 Å². The van der Waals surface area contributed by atoms with Gasteiger partial charge in [0.2, 0.25) is 0 Å². The standard InChI is InChI=1S/C11H13N3O2S2/c1-14(8-9-4-3-7-17-9)18(15,16)11-10(12)5-2-6-13-11/h2-7H,8,12H2,1H3. The molecule has 2 aromatic heterocycles. The molecular weight excluding hydrogens is 270 g/mol. The number of rotatable bonds is 4. The van der Waals surface area contributed by atoms with Crippen molar-refractivity contribution in [1.29, 1.82) is 0 Å². The van der Waals surface area contributed by atoms with Crippen LogP contribution in [0, 0.1) is 0 Å². The highest BCUT2D eigenvalue weighted by molar-refractivity contribution is 7.89. The third-order valence-electron chi connectivity index (χ3n) is 2.41. The van der Waals surface area contributed by atoms with Crippen LogP contribution in [0.4, 0.5) is 5.69 Å². The number of anilines is 1. The summed E-state index contributed by atoms with van der Waals surface area (Å²) >= 11 is 1.51. The first-order valence-electron chi connectivity index (χ1n) is 5.21. The van der Waals surface area contributed by atoms with Gasteiger partial charge in [-0.25, -0.2) is 13.4 Å². The van der Waals surface area contributed by atoms with E-state index in [9.17, 15) is 8.42 Å².